The monoisotopic (exact) mass is 323 g/mol. The first kappa shape index (κ1) is 15.2. The van der Waals surface area contributed by atoms with Gasteiger partial charge in [0.25, 0.3) is 5.91 Å². The van der Waals surface area contributed by atoms with Crippen molar-refractivity contribution in [3.05, 3.63) is 42.5 Å². The Labute approximate surface area is 141 Å². The van der Waals surface area contributed by atoms with Crippen LogP contribution >= 0.6 is 0 Å². The van der Waals surface area contributed by atoms with Crippen molar-refractivity contribution in [2.45, 2.75) is 39.2 Å². The van der Waals surface area contributed by atoms with Crippen LogP contribution in [0, 0.1) is 10.8 Å². The summed E-state index contributed by atoms with van der Waals surface area (Å²) in [6.45, 7) is 5.84. The number of carbonyl (C=O) groups excluding carboxylic acids is 2. The number of carbonyl (C=O) groups is 2. The average molecular weight is 323 g/mol. The lowest BCUT2D eigenvalue weighted by atomic mass is 9.66. The molecule has 1 aliphatic carbocycles. The number of amides is 1. The molecule has 0 spiro atoms. The van der Waals surface area contributed by atoms with E-state index in [2.05, 4.69) is 5.32 Å². The van der Waals surface area contributed by atoms with Crippen molar-refractivity contribution in [3.8, 4) is 0 Å². The second-order valence-corrected chi connectivity index (χ2v) is 7.65. The van der Waals surface area contributed by atoms with Crippen molar-refractivity contribution >= 4 is 28.3 Å². The minimum atomic E-state index is -1.09. The lowest BCUT2D eigenvalue weighted by Crippen LogP contribution is -2.50. The number of anilines is 1. The fourth-order valence-electron chi connectivity index (χ4n) is 4.30. The van der Waals surface area contributed by atoms with Crippen molar-refractivity contribution in [2.24, 2.45) is 10.8 Å². The summed E-state index contributed by atoms with van der Waals surface area (Å²) in [5.41, 5.74) is -1.47. The number of ether oxygens (including phenoxy) is 1. The largest absolute Gasteiger partial charge is 0.448 e. The zero-order valence-electron chi connectivity index (χ0n) is 14.2. The predicted molar refractivity (Wildman–Crippen MR) is 92.5 cm³/mol. The van der Waals surface area contributed by atoms with E-state index in [1.807, 2.05) is 63.2 Å². The van der Waals surface area contributed by atoms with Gasteiger partial charge in [0.05, 0.1) is 5.41 Å². The number of benzene rings is 2. The number of nitrogens with one attached hydrogen (secondary N) is 1. The van der Waals surface area contributed by atoms with E-state index >= 15 is 0 Å². The van der Waals surface area contributed by atoms with Crippen LogP contribution in [0.3, 0.4) is 0 Å². The van der Waals surface area contributed by atoms with E-state index in [9.17, 15) is 9.59 Å². The molecule has 2 atom stereocenters. The Morgan fingerprint density at radius 1 is 1.04 bits per heavy atom. The first-order valence-corrected chi connectivity index (χ1v) is 8.34. The fourth-order valence-corrected chi connectivity index (χ4v) is 4.30. The van der Waals surface area contributed by atoms with Crippen molar-refractivity contribution in [2.75, 3.05) is 5.32 Å². The van der Waals surface area contributed by atoms with E-state index in [1.54, 1.807) is 0 Å². The molecule has 2 fully saturated rings. The lowest BCUT2D eigenvalue weighted by molar-refractivity contribution is -0.165. The summed E-state index contributed by atoms with van der Waals surface area (Å²) in [7, 11) is 0. The molecule has 0 radical (unpaired) electrons. The molecule has 0 aromatic heterocycles. The molecule has 24 heavy (non-hydrogen) atoms. The van der Waals surface area contributed by atoms with E-state index < -0.39 is 16.4 Å². The maximum atomic E-state index is 13.2. The third-order valence-electron chi connectivity index (χ3n) is 6.49. The molecular weight excluding hydrogens is 302 g/mol. The summed E-state index contributed by atoms with van der Waals surface area (Å²) in [4.78, 5) is 25.5. The smallest absolute Gasteiger partial charge is 0.313 e. The molecule has 2 aliphatic rings. The topological polar surface area (TPSA) is 55.4 Å². The minimum absolute atomic E-state index is 0.224. The quantitative estimate of drug-likeness (QED) is 0.853. The summed E-state index contributed by atoms with van der Waals surface area (Å²) in [6, 6.07) is 13.7. The van der Waals surface area contributed by atoms with Gasteiger partial charge in [0.2, 0.25) is 0 Å². The molecule has 2 aromatic carbocycles. The van der Waals surface area contributed by atoms with Gasteiger partial charge in [-0.2, -0.15) is 0 Å². The van der Waals surface area contributed by atoms with Gasteiger partial charge < -0.3 is 10.1 Å². The van der Waals surface area contributed by atoms with E-state index in [1.165, 1.54) is 0 Å². The molecule has 1 saturated heterocycles. The maximum Gasteiger partial charge on any atom is 0.313 e. The van der Waals surface area contributed by atoms with Crippen molar-refractivity contribution < 1.29 is 14.3 Å². The zero-order valence-corrected chi connectivity index (χ0v) is 14.2. The number of esters is 1. The molecule has 1 N–H and O–H groups in total. The Bertz CT molecular complexity index is 867. The third kappa shape index (κ3) is 1.63. The van der Waals surface area contributed by atoms with Gasteiger partial charge in [-0.3, -0.25) is 9.59 Å². The molecule has 124 valence electrons. The highest BCUT2D eigenvalue weighted by molar-refractivity contribution is 6.07. The number of fused-ring (bicyclic) bond motifs is 3. The molecule has 1 heterocycles. The van der Waals surface area contributed by atoms with Crippen LogP contribution in [-0.4, -0.2) is 17.5 Å². The average Bonchev–Trinajstić information content (AvgIpc) is 2.85. The van der Waals surface area contributed by atoms with Crippen molar-refractivity contribution in [1.29, 1.82) is 0 Å². The minimum Gasteiger partial charge on any atom is -0.448 e. The maximum absolute atomic E-state index is 13.2. The standard InChI is InChI=1S/C20H21NO3/c1-18(2)19(3)11-12-20(18,24-17(19)23)16(22)21-15-10-6-8-13-7-4-5-9-14(13)15/h4-10H,11-12H2,1-3H3,(H,21,22). The van der Waals surface area contributed by atoms with Crippen LogP contribution in [0.4, 0.5) is 5.69 Å². The van der Waals surface area contributed by atoms with E-state index in [-0.39, 0.29) is 11.9 Å². The van der Waals surface area contributed by atoms with E-state index in [0.717, 1.165) is 16.5 Å². The third-order valence-corrected chi connectivity index (χ3v) is 6.49. The van der Waals surface area contributed by atoms with Gasteiger partial charge in [-0.1, -0.05) is 50.2 Å². The summed E-state index contributed by atoms with van der Waals surface area (Å²) in [5, 5.41) is 5.06. The van der Waals surface area contributed by atoms with Gasteiger partial charge in [-0.25, -0.2) is 0 Å². The van der Waals surface area contributed by atoms with Crippen LogP contribution in [0.1, 0.15) is 33.6 Å². The van der Waals surface area contributed by atoms with Crippen LogP contribution in [0.15, 0.2) is 42.5 Å². The van der Waals surface area contributed by atoms with Crippen LogP contribution < -0.4 is 5.32 Å². The Morgan fingerprint density at radius 3 is 2.42 bits per heavy atom. The van der Waals surface area contributed by atoms with Crippen LogP contribution in [0.2, 0.25) is 0 Å². The van der Waals surface area contributed by atoms with Crippen molar-refractivity contribution in [3.63, 3.8) is 0 Å². The van der Waals surface area contributed by atoms with Crippen LogP contribution in [0.25, 0.3) is 10.8 Å². The SMILES string of the molecule is CC12CCC(C(=O)Nc3cccc4ccccc34)(OC1=O)C2(C)C. The summed E-state index contributed by atoms with van der Waals surface area (Å²) in [5.74, 6) is -0.481. The molecule has 4 rings (SSSR count). The van der Waals surface area contributed by atoms with E-state index in [4.69, 9.17) is 4.74 Å². The highest BCUT2D eigenvalue weighted by Gasteiger charge is 2.75. The normalized spacial score (nSPS) is 30.4. The molecule has 2 unspecified atom stereocenters. The Hall–Kier alpha value is -2.36. The molecule has 4 nitrogen and oxygen atoms in total. The highest BCUT2D eigenvalue weighted by Crippen LogP contribution is 2.65. The second kappa shape index (κ2) is 4.59. The molecule has 2 aromatic rings. The molecule has 4 heteroatoms. The van der Waals surface area contributed by atoms with Gasteiger partial charge >= 0.3 is 5.97 Å². The highest BCUT2D eigenvalue weighted by atomic mass is 16.6. The van der Waals surface area contributed by atoms with Crippen molar-refractivity contribution in [1.82, 2.24) is 0 Å². The van der Waals surface area contributed by atoms with Gasteiger partial charge in [-0.05, 0) is 31.2 Å². The predicted octanol–water partition coefficient (Wildman–Crippen LogP) is 3.90. The second-order valence-electron chi connectivity index (χ2n) is 7.65. The summed E-state index contributed by atoms with van der Waals surface area (Å²) in [6.07, 6.45) is 1.25. The van der Waals surface area contributed by atoms with Gasteiger partial charge in [-0.15, -0.1) is 0 Å². The number of rotatable bonds is 2. The Balaban J connectivity index is 1.74. The van der Waals surface area contributed by atoms with E-state index in [0.29, 0.717) is 12.8 Å². The Morgan fingerprint density at radius 2 is 1.75 bits per heavy atom. The lowest BCUT2D eigenvalue weighted by Gasteiger charge is -2.35. The first-order valence-electron chi connectivity index (χ1n) is 8.34. The molecule has 1 amide bonds. The molecule has 1 aliphatic heterocycles. The van der Waals surface area contributed by atoms with Crippen LogP contribution in [-0.2, 0) is 14.3 Å². The van der Waals surface area contributed by atoms with Gasteiger partial charge in [0.1, 0.15) is 0 Å². The molecule has 2 bridgehead atoms. The summed E-state index contributed by atoms with van der Waals surface area (Å²) < 4.78 is 5.66. The molecular formula is C20H21NO3. The number of hydrogen-bond donors (Lipinski definition) is 1. The Kier molecular flexibility index (Phi) is 2.91. The molecule has 1 saturated carbocycles. The summed E-state index contributed by atoms with van der Waals surface area (Å²) >= 11 is 0. The fraction of sp³-hybridized carbons (Fsp3) is 0.400. The number of hydrogen-bond acceptors (Lipinski definition) is 3. The van der Waals surface area contributed by atoms with Gasteiger partial charge in [0.15, 0.2) is 5.60 Å². The zero-order chi connectivity index (χ0) is 17.2. The van der Waals surface area contributed by atoms with Gasteiger partial charge in [0, 0.05) is 16.5 Å². The van der Waals surface area contributed by atoms with Crippen LogP contribution in [0.5, 0.6) is 0 Å². The first-order chi connectivity index (χ1) is 11.3.